The summed E-state index contributed by atoms with van der Waals surface area (Å²) in [7, 11) is 0. The van der Waals surface area contributed by atoms with Gasteiger partial charge in [0.25, 0.3) is 0 Å². The Balaban J connectivity index is 1.21. The minimum Gasteiger partial charge on any atom is -0.490 e. The number of hydrogen-bond acceptors (Lipinski definition) is 7. The van der Waals surface area contributed by atoms with E-state index in [-0.39, 0.29) is 31.3 Å². The Morgan fingerprint density at radius 2 is 1.56 bits per heavy atom. The summed E-state index contributed by atoms with van der Waals surface area (Å²) in [6, 6.07) is 15.4. The molecule has 0 saturated carbocycles. The van der Waals surface area contributed by atoms with E-state index in [1.807, 2.05) is 19.1 Å². The highest BCUT2D eigenvalue weighted by Crippen LogP contribution is 2.34. The first-order chi connectivity index (χ1) is 18.8. The molecule has 0 radical (unpaired) electrons. The van der Waals surface area contributed by atoms with Gasteiger partial charge in [0.15, 0.2) is 6.10 Å². The number of hydrogen-bond donors (Lipinski definition) is 0. The minimum atomic E-state index is -0.455. The van der Waals surface area contributed by atoms with E-state index in [9.17, 15) is 9.59 Å². The Morgan fingerprint density at radius 3 is 2.26 bits per heavy atom. The molecule has 0 amide bonds. The molecule has 204 valence electrons. The summed E-state index contributed by atoms with van der Waals surface area (Å²) < 4.78 is 28.1. The maximum absolute atomic E-state index is 12.5. The summed E-state index contributed by atoms with van der Waals surface area (Å²) in [6.07, 6.45) is 6.36. The normalized spacial score (nSPS) is 22.1. The van der Waals surface area contributed by atoms with Crippen LogP contribution in [0, 0.1) is 5.92 Å². The van der Waals surface area contributed by atoms with E-state index in [2.05, 4.69) is 49.6 Å². The lowest BCUT2D eigenvalue weighted by Crippen LogP contribution is -2.32. The van der Waals surface area contributed by atoms with Crippen molar-refractivity contribution in [2.45, 2.75) is 32.2 Å². The Morgan fingerprint density at radius 1 is 0.897 bits per heavy atom. The van der Waals surface area contributed by atoms with Crippen LogP contribution in [0.15, 0.2) is 79.4 Å². The number of carbonyl (C=O) groups excluding carboxylic acids is 2. The average molecular weight is 531 g/mol. The molecule has 2 aromatic carbocycles. The third-order valence-electron chi connectivity index (χ3n) is 6.48. The van der Waals surface area contributed by atoms with Gasteiger partial charge in [0.2, 0.25) is 0 Å². The van der Waals surface area contributed by atoms with Gasteiger partial charge in [0, 0.05) is 17.6 Å². The number of esters is 2. The monoisotopic (exact) mass is 530 g/mol. The molecule has 7 heteroatoms. The smallest absolute Gasteiger partial charge is 0.333 e. The molecule has 4 rings (SSSR count). The van der Waals surface area contributed by atoms with E-state index in [4.69, 9.17) is 23.7 Å². The van der Waals surface area contributed by atoms with Crippen molar-refractivity contribution in [3.63, 3.8) is 0 Å². The first kappa shape index (κ1) is 28.1. The molecule has 2 aliphatic heterocycles. The molecule has 0 aromatic heterocycles. The number of ether oxygens (including phenoxy) is 5. The van der Waals surface area contributed by atoms with Gasteiger partial charge in [-0.1, -0.05) is 67.3 Å². The van der Waals surface area contributed by atoms with Crippen molar-refractivity contribution in [3.05, 3.63) is 96.1 Å². The van der Waals surface area contributed by atoms with Crippen molar-refractivity contribution >= 4 is 29.7 Å². The van der Waals surface area contributed by atoms with Crippen molar-refractivity contribution in [1.82, 2.24) is 0 Å². The Kier molecular flexibility index (Phi) is 9.52. The van der Waals surface area contributed by atoms with Gasteiger partial charge in [-0.25, -0.2) is 9.59 Å². The third-order valence-corrected chi connectivity index (χ3v) is 6.48. The highest BCUT2D eigenvalue weighted by atomic mass is 16.6. The molecule has 0 N–H and O–H groups in total. The van der Waals surface area contributed by atoms with Crippen LogP contribution in [-0.2, 0) is 28.5 Å². The molecular formula is C32H34O7. The predicted molar refractivity (Wildman–Crippen MR) is 150 cm³/mol. The SMILES string of the molecule is C=C(C)C(=O)OCCOc1ccc(/C=C/C(=O)O[C@@H]2CO[C@H]3[C@@H]2OC[C@@H]3C=Cc2ccc(C(=C)C)cc2)cc1. The first-order valence-electron chi connectivity index (χ1n) is 12.9. The number of allylic oxidation sites excluding steroid dienone is 1. The van der Waals surface area contributed by atoms with Crippen LogP contribution in [0.3, 0.4) is 0 Å². The second kappa shape index (κ2) is 13.2. The maximum Gasteiger partial charge on any atom is 0.333 e. The summed E-state index contributed by atoms with van der Waals surface area (Å²) >= 11 is 0. The summed E-state index contributed by atoms with van der Waals surface area (Å²) in [5.41, 5.74) is 4.41. The Labute approximate surface area is 229 Å². The number of rotatable bonds is 11. The van der Waals surface area contributed by atoms with E-state index in [1.54, 1.807) is 25.1 Å². The Bertz CT molecular complexity index is 1240. The van der Waals surface area contributed by atoms with Crippen LogP contribution in [0.4, 0.5) is 0 Å². The van der Waals surface area contributed by atoms with Gasteiger partial charge in [-0.05, 0) is 48.7 Å². The fraction of sp³-hybridized carbons (Fsp3) is 0.312. The number of fused-ring (bicyclic) bond motifs is 1. The highest BCUT2D eigenvalue weighted by molar-refractivity contribution is 5.87. The number of benzene rings is 2. The van der Waals surface area contributed by atoms with E-state index in [0.29, 0.717) is 24.5 Å². The summed E-state index contributed by atoms with van der Waals surface area (Å²) in [6.45, 7) is 12.3. The molecule has 7 nitrogen and oxygen atoms in total. The van der Waals surface area contributed by atoms with Crippen LogP contribution in [0.1, 0.15) is 30.5 Å². The first-order valence-corrected chi connectivity index (χ1v) is 12.9. The molecule has 0 unspecified atom stereocenters. The van der Waals surface area contributed by atoms with Crippen molar-refractivity contribution in [3.8, 4) is 5.75 Å². The van der Waals surface area contributed by atoms with Crippen LogP contribution in [0.5, 0.6) is 5.75 Å². The zero-order valence-corrected chi connectivity index (χ0v) is 22.3. The third kappa shape index (κ3) is 7.78. The van der Waals surface area contributed by atoms with Gasteiger partial charge >= 0.3 is 11.9 Å². The highest BCUT2D eigenvalue weighted by Gasteiger charge is 2.48. The van der Waals surface area contributed by atoms with Crippen LogP contribution < -0.4 is 4.74 Å². The fourth-order valence-electron chi connectivity index (χ4n) is 4.32. The molecule has 39 heavy (non-hydrogen) atoms. The van der Waals surface area contributed by atoms with Crippen molar-refractivity contribution in [1.29, 1.82) is 0 Å². The standard InChI is InChI=1S/C32H34O7/c1-21(2)25-11-5-23(6-12-25)7-13-26-19-37-31-28(20-38-30(26)31)39-29(33)16-10-24-8-14-27(15-9-24)35-17-18-36-32(34)22(3)4/h5-16,26,28,30-31H,1,3,17-20H2,2,4H3/b13-7?,16-10+/t26-,28+,30+,31+/m0/s1. The predicted octanol–water partition coefficient (Wildman–Crippen LogP) is 5.27. The second-order valence-electron chi connectivity index (χ2n) is 9.66. The van der Waals surface area contributed by atoms with Crippen molar-refractivity contribution in [2.24, 2.45) is 5.92 Å². The van der Waals surface area contributed by atoms with Gasteiger partial charge < -0.3 is 23.7 Å². The van der Waals surface area contributed by atoms with Gasteiger partial charge in [0.1, 0.15) is 25.1 Å². The van der Waals surface area contributed by atoms with Crippen LogP contribution in [0.25, 0.3) is 17.7 Å². The minimum absolute atomic E-state index is 0.0916. The molecular weight excluding hydrogens is 496 g/mol. The van der Waals surface area contributed by atoms with E-state index >= 15 is 0 Å². The summed E-state index contributed by atoms with van der Waals surface area (Å²) in [5.74, 6) is -0.179. The van der Waals surface area contributed by atoms with E-state index in [1.165, 1.54) is 6.08 Å². The largest absolute Gasteiger partial charge is 0.490 e. The van der Waals surface area contributed by atoms with Crippen LogP contribution in [-0.4, -0.2) is 56.7 Å². The van der Waals surface area contributed by atoms with Crippen molar-refractivity contribution in [2.75, 3.05) is 26.4 Å². The van der Waals surface area contributed by atoms with Gasteiger partial charge in [-0.2, -0.15) is 0 Å². The number of carbonyl (C=O) groups is 2. The van der Waals surface area contributed by atoms with Gasteiger partial charge in [0.05, 0.1) is 19.3 Å². The maximum atomic E-state index is 12.5. The fourth-order valence-corrected chi connectivity index (χ4v) is 4.32. The molecule has 2 aromatic rings. The Hall–Kier alpha value is -3.94. The average Bonchev–Trinajstić information content (AvgIpc) is 3.52. The van der Waals surface area contributed by atoms with Crippen LogP contribution >= 0.6 is 0 Å². The lowest BCUT2D eigenvalue weighted by atomic mass is 9.99. The molecule has 4 atom stereocenters. The molecule has 2 fully saturated rings. The zero-order valence-electron chi connectivity index (χ0n) is 22.3. The molecule has 0 spiro atoms. The topological polar surface area (TPSA) is 80.3 Å². The summed E-state index contributed by atoms with van der Waals surface area (Å²) in [5, 5.41) is 0. The second-order valence-corrected chi connectivity index (χ2v) is 9.66. The molecule has 0 aliphatic carbocycles. The molecule has 2 aliphatic rings. The molecule has 0 bridgehead atoms. The van der Waals surface area contributed by atoms with Gasteiger partial charge in [-0.3, -0.25) is 0 Å². The summed E-state index contributed by atoms with van der Waals surface area (Å²) in [4.78, 5) is 23.8. The van der Waals surface area contributed by atoms with Crippen LogP contribution in [0.2, 0.25) is 0 Å². The lowest BCUT2D eigenvalue weighted by Gasteiger charge is -2.15. The molecule has 2 saturated heterocycles. The van der Waals surface area contributed by atoms with E-state index < -0.39 is 18.0 Å². The molecule has 2 heterocycles. The lowest BCUT2D eigenvalue weighted by molar-refractivity contribution is -0.147. The van der Waals surface area contributed by atoms with Gasteiger partial charge in [-0.15, -0.1) is 0 Å². The zero-order chi connectivity index (χ0) is 27.8. The van der Waals surface area contributed by atoms with Crippen molar-refractivity contribution < 1.29 is 33.3 Å². The quantitative estimate of drug-likeness (QED) is 0.222. The van der Waals surface area contributed by atoms with E-state index in [0.717, 1.165) is 22.3 Å².